The second-order valence-corrected chi connectivity index (χ2v) is 5.35. The number of halogens is 2. The van der Waals surface area contributed by atoms with Crippen LogP contribution in [0, 0.1) is 0 Å². The first kappa shape index (κ1) is 15.6. The zero-order valence-corrected chi connectivity index (χ0v) is 12.6. The van der Waals surface area contributed by atoms with E-state index >= 15 is 0 Å². The number of hydrogen-bond donors (Lipinski definition) is 1. The molecule has 0 saturated heterocycles. The second kappa shape index (κ2) is 7.83. The van der Waals surface area contributed by atoms with Crippen LogP contribution in [0.3, 0.4) is 0 Å². The largest absolute Gasteiger partial charge is 0.314 e. The molecule has 1 aromatic rings. The lowest BCUT2D eigenvalue weighted by Gasteiger charge is -2.19. The van der Waals surface area contributed by atoms with Gasteiger partial charge < -0.3 is 5.32 Å². The summed E-state index contributed by atoms with van der Waals surface area (Å²) in [5.41, 5.74) is 2.40. The molecule has 1 nitrogen and oxygen atoms in total. The maximum absolute atomic E-state index is 6.21. The zero-order chi connectivity index (χ0) is 13.5. The normalized spacial score (nSPS) is 12.4. The predicted octanol–water partition coefficient (Wildman–Crippen LogP) is 4.87. The first-order valence-corrected chi connectivity index (χ1v) is 7.16. The molecule has 0 aliphatic carbocycles. The molecule has 3 heteroatoms. The van der Waals surface area contributed by atoms with Gasteiger partial charge in [-0.15, -0.1) is 0 Å². The van der Waals surface area contributed by atoms with Gasteiger partial charge >= 0.3 is 0 Å². The van der Waals surface area contributed by atoms with Crippen molar-refractivity contribution in [3.05, 3.63) is 46.0 Å². The van der Waals surface area contributed by atoms with Gasteiger partial charge in [0.2, 0.25) is 0 Å². The number of rotatable bonds is 7. The third kappa shape index (κ3) is 5.01. The van der Waals surface area contributed by atoms with Crippen LogP contribution in [0.15, 0.2) is 30.4 Å². The van der Waals surface area contributed by atoms with E-state index in [1.54, 1.807) is 6.07 Å². The van der Waals surface area contributed by atoms with E-state index in [0.29, 0.717) is 11.1 Å². The van der Waals surface area contributed by atoms with Gasteiger partial charge in [-0.05, 0) is 43.5 Å². The summed E-state index contributed by atoms with van der Waals surface area (Å²) in [6, 6.07) is 6.08. The molecule has 1 aromatic carbocycles. The van der Waals surface area contributed by atoms with Crippen molar-refractivity contribution >= 4 is 23.2 Å². The smallest absolute Gasteiger partial charge is 0.0453 e. The van der Waals surface area contributed by atoms with Gasteiger partial charge in [0.05, 0.1) is 0 Å². The van der Waals surface area contributed by atoms with Crippen molar-refractivity contribution < 1.29 is 0 Å². The topological polar surface area (TPSA) is 12.0 Å². The molecule has 100 valence electrons. The molecule has 0 heterocycles. The van der Waals surface area contributed by atoms with Crippen LogP contribution in [0.2, 0.25) is 10.0 Å². The number of likely N-dealkylation sites (N-methyl/N-ethyl adjacent to an activating group) is 1. The Bertz CT molecular complexity index is 401. The molecule has 0 aliphatic rings. The molecule has 1 N–H and O–H groups in total. The van der Waals surface area contributed by atoms with Crippen LogP contribution >= 0.6 is 23.2 Å². The zero-order valence-electron chi connectivity index (χ0n) is 11.1. The molecule has 0 fully saturated rings. The van der Waals surface area contributed by atoms with E-state index in [0.717, 1.165) is 36.4 Å². The Labute approximate surface area is 120 Å². The van der Waals surface area contributed by atoms with Gasteiger partial charge in [0.1, 0.15) is 0 Å². The minimum atomic E-state index is 0.390. The van der Waals surface area contributed by atoms with Gasteiger partial charge in [0.15, 0.2) is 0 Å². The molecule has 18 heavy (non-hydrogen) atoms. The highest BCUT2D eigenvalue weighted by Crippen LogP contribution is 2.23. The van der Waals surface area contributed by atoms with Crippen LogP contribution in [0.25, 0.3) is 0 Å². The van der Waals surface area contributed by atoms with Gasteiger partial charge in [0.25, 0.3) is 0 Å². The molecular formula is C15H21Cl2N. The molecule has 0 amide bonds. The lowest BCUT2D eigenvalue weighted by molar-refractivity contribution is 0.516. The Morgan fingerprint density at radius 1 is 1.33 bits per heavy atom. The van der Waals surface area contributed by atoms with Crippen molar-refractivity contribution in [3.8, 4) is 0 Å². The van der Waals surface area contributed by atoms with Crippen LogP contribution in [0.4, 0.5) is 0 Å². The fourth-order valence-electron chi connectivity index (χ4n) is 1.95. The van der Waals surface area contributed by atoms with E-state index in [2.05, 4.69) is 25.7 Å². The van der Waals surface area contributed by atoms with E-state index in [-0.39, 0.29) is 0 Å². The minimum absolute atomic E-state index is 0.390. The van der Waals surface area contributed by atoms with E-state index in [9.17, 15) is 0 Å². The molecule has 1 rings (SSSR count). The van der Waals surface area contributed by atoms with E-state index in [1.165, 1.54) is 5.57 Å². The second-order valence-electron chi connectivity index (χ2n) is 4.50. The van der Waals surface area contributed by atoms with E-state index in [1.807, 2.05) is 12.1 Å². The fourth-order valence-corrected chi connectivity index (χ4v) is 2.44. The molecular weight excluding hydrogens is 265 g/mol. The molecule has 0 saturated carbocycles. The first-order chi connectivity index (χ1) is 8.56. The quantitative estimate of drug-likeness (QED) is 0.705. The predicted molar refractivity (Wildman–Crippen MR) is 81.7 cm³/mol. The highest BCUT2D eigenvalue weighted by Gasteiger charge is 2.11. The molecule has 0 bridgehead atoms. The number of nitrogens with one attached hydrogen (secondary N) is 1. The van der Waals surface area contributed by atoms with Crippen molar-refractivity contribution in [2.24, 2.45) is 0 Å². The average molecular weight is 286 g/mol. The minimum Gasteiger partial charge on any atom is -0.314 e. The highest BCUT2D eigenvalue weighted by atomic mass is 35.5. The lowest BCUT2D eigenvalue weighted by atomic mass is 9.98. The summed E-state index contributed by atoms with van der Waals surface area (Å²) in [5, 5.41) is 4.91. The number of benzene rings is 1. The summed E-state index contributed by atoms with van der Waals surface area (Å²) in [5.74, 6) is 0. The van der Waals surface area contributed by atoms with Crippen molar-refractivity contribution in [1.29, 1.82) is 0 Å². The molecule has 1 atom stereocenters. The SMILES string of the molecule is C=C(CC)CC(Cc1ccc(Cl)cc1Cl)NCC. The number of hydrogen-bond acceptors (Lipinski definition) is 1. The Morgan fingerprint density at radius 3 is 2.61 bits per heavy atom. The van der Waals surface area contributed by atoms with Gasteiger partial charge in [-0.1, -0.05) is 55.3 Å². The summed E-state index contributed by atoms with van der Waals surface area (Å²) < 4.78 is 0. The van der Waals surface area contributed by atoms with Crippen LogP contribution < -0.4 is 5.32 Å². The summed E-state index contributed by atoms with van der Waals surface area (Å²) in [7, 11) is 0. The maximum atomic E-state index is 6.21. The van der Waals surface area contributed by atoms with Crippen molar-refractivity contribution in [2.75, 3.05) is 6.54 Å². The van der Waals surface area contributed by atoms with Crippen molar-refractivity contribution in [2.45, 2.75) is 39.2 Å². The molecule has 0 spiro atoms. The summed E-state index contributed by atoms with van der Waals surface area (Å²) in [6.07, 6.45) is 2.92. The molecule has 1 unspecified atom stereocenters. The summed E-state index contributed by atoms with van der Waals surface area (Å²) in [4.78, 5) is 0. The fraction of sp³-hybridized carbons (Fsp3) is 0.467. The summed E-state index contributed by atoms with van der Waals surface area (Å²) >= 11 is 12.1. The van der Waals surface area contributed by atoms with Gasteiger partial charge in [-0.25, -0.2) is 0 Å². The van der Waals surface area contributed by atoms with Gasteiger partial charge in [0, 0.05) is 16.1 Å². The molecule has 0 radical (unpaired) electrons. The van der Waals surface area contributed by atoms with Crippen molar-refractivity contribution in [1.82, 2.24) is 5.32 Å². The standard InChI is InChI=1S/C15H21Cl2N/c1-4-11(3)8-14(18-5-2)9-12-6-7-13(16)10-15(12)17/h6-7,10,14,18H,3-5,8-9H2,1-2H3. The maximum Gasteiger partial charge on any atom is 0.0453 e. The lowest BCUT2D eigenvalue weighted by Crippen LogP contribution is -2.31. The van der Waals surface area contributed by atoms with Crippen LogP contribution in [-0.4, -0.2) is 12.6 Å². The monoisotopic (exact) mass is 285 g/mol. The summed E-state index contributed by atoms with van der Waals surface area (Å²) in [6.45, 7) is 9.29. The first-order valence-electron chi connectivity index (χ1n) is 6.40. The van der Waals surface area contributed by atoms with Crippen LogP contribution in [-0.2, 0) is 6.42 Å². The molecule has 0 aliphatic heterocycles. The van der Waals surface area contributed by atoms with Gasteiger partial charge in [-0.2, -0.15) is 0 Å². The van der Waals surface area contributed by atoms with Crippen LogP contribution in [0.1, 0.15) is 32.3 Å². The molecule has 0 aromatic heterocycles. The Morgan fingerprint density at radius 2 is 2.06 bits per heavy atom. The Kier molecular flexibility index (Phi) is 6.77. The third-order valence-electron chi connectivity index (χ3n) is 3.01. The average Bonchev–Trinajstić information content (AvgIpc) is 2.32. The van der Waals surface area contributed by atoms with Crippen LogP contribution in [0.5, 0.6) is 0 Å². The third-order valence-corrected chi connectivity index (χ3v) is 3.60. The Hall–Kier alpha value is -0.500. The highest BCUT2D eigenvalue weighted by molar-refractivity contribution is 6.35. The van der Waals surface area contributed by atoms with Gasteiger partial charge in [-0.3, -0.25) is 0 Å². The van der Waals surface area contributed by atoms with E-state index in [4.69, 9.17) is 23.2 Å². The van der Waals surface area contributed by atoms with E-state index < -0.39 is 0 Å². The Balaban J connectivity index is 2.72. The van der Waals surface area contributed by atoms with Crippen molar-refractivity contribution in [3.63, 3.8) is 0 Å².